The Balaban J connectivity index is 0.000000344. The Hall–Kier alpha value is -0.112. The molecular weight excluding hydrogens is 404 g/mol. The first-order chi connectivity index (χ1) is 11.0. The number of hydrogen-bond acceptors (Lipinski definition) is 0. The molecule has 0 atom stereocenters. The first-order valence-corrected chi connectivity index (χ1v) is 7.58. The van der Waals surface area contributed by atoms with Crippen molar-refractivity contribution in [3.05, 3.63) is 87.5 Å². The quantitative estimate of drug-likeness (QED) is 0.342. The van der Waals surface area contributed by atoms with Gasteiger partial charge >= 0.3 is 26.7 Å². The summed E-state index contributed by atoms with van der Waals surface area (Å²) in [6.45, 7) is 0. The van der Waals surface area contributed by atoms with E-state index in [1.807, 2.05) is 0 Å². The molecule has 3 rings (SSSR count). The van der Waals surface area contributed by atoms with E-state index in [9.17, 15) is 17.3 Å². The van der Waals surface area contributed by atoms with Crippen LogP contribution in [-0.2, 0) is 19.5 Å². The van der Waals surface area contributed by atoms with Crippen molar-refractivity contribution in [2.45, 2.75) is 25.7 Å². The Bertz CT molecular complexity index is 305. The monoisotopic (exact) mass is 425 g/mol. The molecule has 11 radical (unpaired) electrons. The van der Waals surface area contributed by atoms with Crippen molar-refractivity contribution in [2.24, 2.45) is 0 Å². The zero-order valence-corrected chi connectivity index (χ0v) is 14.9. The molecule has 0 heterocycles. The van der Waals surface area contributed by atoms with E-state index in [2.05, 4.69) is 75.7 Å². The van der Waals surface area contributed by atoms with Gasteiger partial charge in [0, 0.05) is 11.8 Å². The molecule has 0 nitrogen and oxygen atoms in total. The van der Waals surface area contributed by atoms with Crippen LogP contribution in [0.4, 0.5) is 17.3 Å². The minimum atomic E-state index is -6.00. The van der Waals surface area contributed by atoms with Gasteiger partial charge in [-0.1, -0.05) is 24.3 Å². The molecule has 24 heavy (non-hydrogen) atoms. The molecule has 0 unspecified atom stereocenters. The van der Waals surface area contributed by atoms with Crippen LogP contribution in [0.5, 0.6) is 0 Å². The standard InChI is InChI=1S/C10H8.C8H12.BF4.Ru/c1-2-6-10-8-4-3-7-9(10)5-1;1-2-4-6-8-7-5-3-1;2-1(3,4)5;/h1-8H;1-2,7-8H,3-6H2;;/q;;-1;+1. The van der Waals surface area contributed by atoms with Crippen LogP contribution in [0, 0.1) is 63.2 Å². The maximum atomic E-state index is 9.75. The van der Waals surface area contributed by atoms with Crippen molar-refractivity contribution in [1.29, 1.82) is 0 Å². The van der Waals surface area contributed by atoms with Gasteiger partial charge in [0.05, 0.1) is 0 Å². The summed E-state index contributed by atoms with van der Waals surface area (Å²) < 4.78 is 39.0. The van der Waals surface area contributed by atoms with Gasteiger partial charge in [0.2, 0.25) is 0 Å². The number of rotatable bonds is 0. The van der Waals surface area contributed by atoms with Crippen LogP contribution >= 0.6 is 0 Å². The second-order valence-corrected chi connectivity index (χ2v) is 4.94. The summed E-state index contributed by atoms with van der Waals surface area (Å²) in [4.78, 5) is 0. The molecule has 0 N–H and O–H groups in total. The molecule has 0 saturated heterocycles. The fraction of sp³-hybridized carbons (Fsp3) is 0.222. The molecule has 0 aromatic heterocycles. The zero-order chi connectivity index (χ0) is 17.0. The fourth-order valence-electron chi connectivity index (χ4n) is 1.99. The summed E-state index contributed by atoms with van der Waals surface area (Å²) in [5.74, 6) is 2.62. The Morgan fingerprint density at radius 1 is 0.625 bits per heavy atom. The van der Waals surface area contributed by atoms with Crippen LogP contribution in [0.15, 0.2) is 24.3 Å². The third-order valence-electron chi connectivity index (χ3n) is 2.99. The van der Waals surface area contributed by atoms with Crippen molar-refractivity contribution in [3.8, 4) is 0 Å². The van der Waals surface area contributed by atoms with Crippen molar-refractivity contribution < 1.29 is 36.7 Å². The molecule has 0 aromatic rings. The van der Waals surface area contributed by atoms with E-state index in [1.165, 1.54) is 37.5 Å². The SMILES string of the molecule is F[B-](F)(F)F.[CH]1[CH]CC[CH][CH]CC1.[CH]1[CH][CH][C]2C=CC=C[C]2[CH]1.[Ru+]. The molecule has 131 valence electrons. The number of hydrogen-bond donors (Lipinski definition) is 0. The number of fused-ring (bicyclic) bond motifs is 1. The van der Waals surface area contributed by atoms with Crippen LogP contribution in [0.2, 0.25) is 0 Å². The van der Waals surface area contributed by atoms with Crippen molar-refractivity contribution in [3.63, 3.8) is 0 Å². The van der Waals surface area contributed by atoms with E-state index in [-0.39, 0.29) is 19.5 Å². The van der Waals surface area contributed by atoms with Gasteiger partial charge in [-0.25, -0.2) is 0 Å². The van der Waals surface area contributed by atoms with Gasteiger partial charge in [0.1, 0.15) is 0 Å². The first kappa shape index (κ1) is 23.9. The van der Waals surface area contributed by atoms with Gasteiger partial charge in [-0.3, -0.25) is 0 Å². The van der Waals surface area contributed by atoms with Crippen LogP contribution in [0.3, 0.4) is 0 Å². The molecule has 2 saturated carbocycles. The van der Waals surface area contributed by atoms with E-state index in [4.69, 9.17) is 0 Å². The van der Waals surface area contributed by atoms with Crippen LogP contribution in [0.25, 0.3) is 0 Å². The summed E-state index contributed by atoms with van der Waals surface area (Å²) in [6.07, 6.45) is 30.7. The van der Waals surface area contributed by atoms with Gasteiger partial charge in [0.25, 0.3) is 0 Å². The summed E-state index contributed by atoms with van der Waals surface area (Å²) in [7, 11) is -6.00. The van der Waals surface area contributed by atoms with Crippen molar-refractivity contribution >= 4 is 7.25 Å². The maximum Gasteiger partial charge on any atom is 1.00 e. The van der Waals surface area contributed by atoms with Gasteiger partial charge in [-0.05, 0) is 77.0 Å². The van der Waals surface area contributed by atoms with Gasteiger partial charge in [0.15, 0.2) is 0 Å². The summed E-state index contributed by atoms with van der Waals surface area (Å²) in [5.41, 5.74) is 0. The average Bonchev–Trinajstić information content (AvgIpc) is 2.46. The molecule has 3 aliphatic carbocycles. The molecule has 3 aliphatic rings. The largest absolute Gasteiger partial charge is 1.00 e. The minimum Gasteiger partial charge on any atom is -0.418 e. The van der Waals surface area contributed by atoms with E-state index >= 15 is 0 Å². The second-order valence-electron chi connectivity index (χ2n) is 4.94. The average molecular weight is 424 g/mol. The summed E-state index contributed by atoms with van der Waals surface area (Å²) in [6, 6.07) is 0. The number of allylic oxidation sites excluding steroid dienone is 4. The minimum absolute atomic E-state index is 0. The Morgan fingerprint density at radius 3 is 1.21 bits per heavy atom. The molecule has 0 amide bonds. The van der Waals surface area contributed by atoms with Gasteiger partial charge in [-0.15, -0.1) is 0 Å². The predicted octanol–water partition coefficient (Wildman–Crippen LogP) is 5.77. The van der Waals surface area contributed by atoms with E-state index in [1.54, 1.807) is 0 Å². The van der Waals surface area contributed by atoms with Crippen LogP contribution < -0.4 is 0 Å². The van der Waals surface area contributed by atoms with E-state index in [0.29, 0.717) is 0 Å². The van der Waals surface area contributed by atoms with Gasteiger partial charge in [-0.2, -0.15) is 0 Å². The molecular formula is C18H20BF4Ru. The Kier molecular flexibility index (Phi) is 14.0. The molecule has 0 aromatic carbocycles. The predicted molar refractivity (Wildman–Crippen MR) is 87.8 cm³/mol. The number of halogens is 4. The maximum absolute atomic E-state index is 9.75. The topological polar surface area (TPSA) is 0 Å². The third kappa shape index (κ3) is 14.2. The Morgan fingerprint density at radius 2 is 0.917 bits per heavy atom. The van der Waals surface area contributed by atoms with Gasteiger partial charge < -0.3 is 17.3 Å². The van der Waals surface area contributed by atoms with E-state index < -0.39 is 7.25 Å². The molecule has 0 bridgehead atoms. The van der Waals surface area contributed by atoms with Crippen molar-refractivity contribution in [2.75, 3.05) is 0 Å². The van der Waals surface area contributed by atoms with Crippen LogP contribution in [-0.4, -0.2) is 7.25 Å². The molecule has 6 heteroatoms. The zero-order valence-electron chi connectivity index (χ0n) is 13.2. The Labute approximate surface area is 157 Å². The molecule has 0 spiro atoms. The third-order valence-corrected chi connectivity index (χ3v) is 2.99. The first-order valence-electron chi connectivity index (χ1n) is 7.58. The fourth-order valence-corrected chi connectivity index (χ4v) is 1.99. The molecule has 0 aliphatic heterocycles. The smallest absolute Gasteiger partial charge is 0.418 e. The second kappa shape index (κ2) is 14.1. The normalized spacial score (nSPS) is 21.7. The summed E-state index contributed by atoms with van der Waals surface area (Å²) in [5, 5.41) is 0. The van der Waals surface area contributed by atoms with E-state index in [0.717, 1.165) is 0 Å². The summed E-state index contributed by atoms with van der Waals surface area (Å²) >= 11 is 0. The molecule has 2 fully saturated rings. The van der Waals surface area contributed by atoms with Crippen molar-refractivity contribution in [1.82, 2.24) is 0 Å². The van der Waals surface area contributed by atoms with Crippen LogP contribution in [0.1, 0.15) is 25.7 Å².